The van der Waals surface area contributed by atoms with Gasteiger partial charge < -0.3 is 10.6 Å². The summed E-state index contributed by atoms with van der Waals surface area (Å²) in [6.45, 7) is 4.48. The molecule has 3 rings (SSSR count). The molecule has 0 radical (unpaired) electrons. The van der Waals surface area contributed by atoms with Crippen LogP contribution in [0.5, 0.6) is 0 Å². The molecule has 6 heteroatoms. The standard InChI is InChI=1S/C19H19N5O/c1-13-8-14(2)10-16(9-13)22-18-6-5-17(23-24-18)19(25)21-12-15-4-3-7-20-11-15/h3-11H,12H2,1-2H3,(H,21,25)(H,22,24). The molecule has 2 heterocycles. The molecule has 126 valence electrons. The first kappa shape index (κ1) is 16.6. The summed E-state index contributed by atoms with van der Waals surface area (Å²) in [6, 6.07) is 13.3. The van der Waals surface area contributed by atoms with Crippen LogP contribution in [-0.4, -0.2) is 21.1 Å². The fourth-order valence-electron chi connectivity index (χ4n) is 2.49. The number of amides is 1. The third kappa shape index (κ3) is 4.60. The average molecular weight is 333 g/mol. The number of hydrogen-bond donors (Lipinski definition) is 2. The van der Waals surface area contributed by atoms with E-state index in [1.54, 1.807) is 24.5 Å². The molecule has 0 saturated heterocycles. The highest BCUT2D eigenvalue weighted by molar-refractivity contribution is 5.92. The molecule has 0 aliphatic rings. The minimum atomic E-state index is -0.269. The van der Waals surface area contributed by atoms with E-state index in [-0.39, 0.29) is 11.6 Å². The second kappa shape index (κ2) is 7.53. The summed E-state index contributed by atoms with van der Waals surface area (Å²) in [5.41, 5.74) is 4.48. The smallest absolute Gasteiger partial charge is 0.272 e. The molecule has 1 aromatic carbocycles. The van der Waals surface area contributed by atoms with Crippen LogP contribution in [0.4, 0.5) is 11.5 Å². The van der Waals surface area contributed by atoms with Gasteiger partial charge in [0, 0.05) is 24.6 Å². The number of rotatable bonds is 5. The number of pyridine rings is 1. The summed E-state index contributed by atoms with van der Waals surface area (Å²) in [6.07, 6.45) is 3.40. The molecule has 6 nitrogen and oxygen atoms in total. The maximum absolute atomic E-state index is 12.1. The summed E-state index contributed by atoms with van der Waals surface area (Å²) in [7, 11) is 0. The molecule has 2 N–H and O–H groups in total. The summed E-state index contributed by atoms with van der Waals surface area (Å²) < 4.78 is 0. The highest BCUT2D eigenvalue weighted by Gasteiger charge is 2.08. The number of hydrogen-bond acceptors (Lipinski definition) is 5. The Kier molecular flexibility index (Phi) is 4.99. The molecule has 0 aliphatic carbocycles. The second-order valence-corrected chi connectivity index (χ2v) is 5.85. The van der Waals surface area contributed by atoms with Crippen LogP contribution in [0.15, 0.2) is 54.9 Å². The Morgan fingerprint density at radius 1 is 1.04 bits per heavy atom. The van der Waals surface area contributed by atoms with Crippen molar-refractivity contribution in [1.29, 1.82) is 0 Å². The number of nitrogens with zero attached hydrogens (tertiary/aromatic N) is 3. The molecule has 0 fully saturated rings. The molecule has 0 atom stereocenters. The Balaban J connectivity index is 1.62. The number of anilines is 2. The minimum Gasteiger partial charge on any atom is -0.347 e. The quantitative estimate of drug-likeness (QED) is 0.750. The van der Waals surface area contributed by atoms with Crippen molar-refractivity contribution in [3.8, 4) is 0 Å². The number of aromatic nitrogens is 3. The van der Waals surface area contributed by atoms with E-state index in [2.05, 4.69) is 31.9 Å². The maximum Gasteiger partial charge on any atom is 0.272 e. The Morgan fingerprint density at radius 3 is 2.48 bits per heavy atom. The van der Waals surface area contributed by atoms with Gasteiger partial charge in [-0.15, -0.1) is 10.2 Å². The molecule has 25 heavy (non-hydrogen) atoms. The molecule has 2 aromatic heterocycles. The normalized spacial score (nSPS) is 10.3. The average Bonchev–Trinajstić information content (AvgIpc) is 2.60. The number of carbonyl (C=O) groups is 1. The Labute approximate surface area is 146 Å². The van der Waals surface area contributed by atoms with E-state index in [1.807, 2.05) is 38.1 Å². The van der Waals surface area contributed by atoms with Gasteiger partial charge in [-0.3, -0.25) is 9.78 Å². The Morgan fingerprint density at radius 2 is 1.84 bits per heavy atom. The van der Waals surface area contributed by atoms with E-state index in [0.29, 0.717) is 12.4 Å². The highest BCUT2D eigenvalue weighted by atomic mass is 16.1. The van der Waals surface area contributed by atoms with Crippen LogP contribution in [0.3, 0.4) is 0 Å². The lowest BCUT2D eigenvalue weighted by molar-refractivity contribution is 0.0945. The lowest BCUT2D eigenvalue weighted by Gasteiger charge is -2.08. The molecule has 0 aliphatic heterocycles. The van der Waals surface area contributed by atoms with Crippen molar-refractivity contribution in [1.82, 2.24) is 20.5 Å². The first-order valence-corrected chi connectivity index (χ1v) is 7.96. The zero-order valence-electron chi connectivity index (χ0n) is 14.2. The number of benzene rings is 1. The molecule has 0 saturated carbocycles. The van der Waals surface area contributed by atoms with Gasteiger partial charge in [0.15, 0.2) is 11.5 Å². The van der Waals surface area contributed by atoms with Gasteiger partial charge in [0.2, 0.25) is 0 Å². The van der Waals surface area contributed by atoms with Crippen molar-refractivity contribution in [3.05, 3.63) is 77.2 Å². The predicted octanol–water partition coefficient (Wildman–Crippen LogP) is 3.16. The first-order valence-electron chi connectivity index (χ1n) is 7.96. The molecule has 3 aromatic rings. The summed E-state index contributed by atoms with van der Waals surface area (Å²) in [4.78, 5) is 16.1. The molecule has 1 amide bonds. The molecular weight excluding hydrogens is 314 g/mol. The van der Waals surface area contributed by atoms with Crippen molar-refractivity contribution < 1.29 is 4.79 Å². The van der Waals surface area contributed by atoms with E-state index in [9.17, 15) is 4.79 Å². The lowest BCUT2D eigenvalue weighted by Crippen LogP contribution is -2.24. The van der Waals surface area contributed by atoms with E-state index in [1.165, 1.54) is 11.1 Å². The SMILES string of the molecule is Cc1cc(C)cc(Nc2ccc(C(=O)NCc3cccnc3)nn2)c1. The topological polar surface area (TPSA) is 79.8 Å². The van der Waals surface area contributed by atoms with Gasteiger partial charge in [0.25, 0.3) is 5.91 Å². The second-order valence-electron chi connectivity index (χ2n) is 5.85. The summed E-state index contributed by atoms with van der Waals surface area (Å²) in [5.74, 6) is 0.322. The van der Waals surface area contributed by atoms with Gasteiger partial charge in [0.1, 0.15) is 0 Å². The van der Waals surface area contributed by atoms with Gasteiger partial charge in [-0.25, -0.2) is 0 Å². The maximum atomic E-state index is 12.1. The summed E-state index contributed by atoms with van der Waals surface area (Å²) in [5, 5.41) is 14.1. The Hall–Kier alpha value is -3.28. The van der Waals surface area contributed by atoms with Gasteiger partial charge in [-0.2, -0.15) is 0 Å². The van der Waals surface area contributed by atoms with Crippen LogP contribution in [-0.2, 0) is 6.54 Å². The van der Waals surface area contributed by atoms with Crippen LogP contribution in [0.25, 0.3) is 0 Å². The molecule has 0 bridgehead atoms. The van der Waals surface area contributed by atoms with E-state index >= 15 is 0 Å². The first-order chi connectivity index (χ1) is 12.1. The third-order valence-corrected chi connectivity index (χ3v) is 3.57. The molecular formula is C19H19N5O. The van der Waals surface area contributed by atoms with Crippen molar-refractivity contribution in [2.24, 2.45) is 0 Å². The van der Waals surface area contributed by atoms with Gasteiger partial charge in [-0.05, 0) is 60.9 Å². The lowest BCUT2D eigenvalue weighted by atomic mass is 10.1. The van der Waals surface area contributed by atoms with Crippen molar-refractivity contribution in [3.63, 3.8) is 0 Å². The number of carbonyl (C=O) groups excluding carboxylic acids is 1. The predicted molar refractivity (Wildman–Crippen MR) is 96.6 cm³/mol. The highest BCUT2D eigenvalue weighted by Crippen LogP contribution is 2.17. The zero-order chi connectivity index (χ0) is 17.6. The third-order valence-electron chi connectivity index (χ3n) is 3.57. The van der Waals surface area contributed by atoms with Crippen LogP contribution < -0.4 is 10.6 Å². The van der Waals surface area contributed by atoms with E-state index in [0.717, 1.165) is 11.3 Å². The monoisotopic (exact) mass is 333 g/mol. The van der Waals surface area contributed by atoms with E-state index in [4.69, 9.17) is 0 Å². The largest absolute Gasteiger partial charge is 0.347 e. The van der Waals surface area contributed by atoms with Gasteiger partial charge in [0.05, 0.1) is 0 Å². The van der Waals surface area contributed by atoms with E-state index < -0.39 is 0 Å². The van der Waals surface area contributed by atoms with Crippen LogP contribution >= 0.6 is 0 Å². The van der Waals surface area contributed by atoms with Gasteiger partial charge in [-0.1, -0.05) is 12.1 Å². The molecule has 0 spiro atoms. The number of aryl methyl sites for hydroxylation is 2. The fraction of sp³-hybridized carbons (Fsp3) is 0.158. The zero-order valence-corrected chi connectivity index (χ0v) is 14.2. The van der Waals surface area contributed by atoms with Crippen molar-refractivity contribution in [2.75, 3.05) is 5.32 Å². The summed E-state index contributed by atoms with van der Waals surface area (Å²) >= 11 is 0. The van der Waals surface area contributed by atoms with Crippen LogP contribution in [0, 0.1) is 13.8 Å². The number of nitrogens with one attached hydrogen (secondary N) is 2. The van der Waals surface area contributed by atoms with Crippen LogP contribution in [0.2, 0.25) is 0 Å². The van der Waals surface area contributed by atoms with Crippen molar-refractivity contribution >= 4 is 17.4 Å². The molecule has 0 unspecified atom stereocenters. The minimum absolute atomic E-state index is 0.269. The Bertz CT molecular complexity index is 842. The fourth-order valence-corrected chi connectivity index (χ4v) is 2.49. The van der Waals surface area contributed by atoms with Crippen LogP contribution in [0.1, 0.15) is 27.2 Å². The van der Waals surface area contributed by atoms with Crippen molar-refractivity contribution in [2.45, 2.75) is 20.4 Å². The van der Waals surface area contributed by atoms with Gasteiger partial charge >= 0.3 is 0 Å².